The fourth-order valence-corrected chi connectivity index (χ4v) is 0. The Bertz CT molecular complexity index is 197. The van der Waals surface area contributed by atoms with Crippen LogP contribution in [0.15, 0.2) is 0 Å². The predicted octanol–water partition coefficient (Wildman–Crippen LogP) is 2.75. The van der Waals surface area contributed by atoms with Crippen molar-refractivity contribution in [3.8, 4) is 0 Å². The summed E-state index contributed by atoms with van der Waals surface area (Å²) in [6, 6.07) is 0. The molecule has 4 heteroatoms. The Morgan fingerprint density at radius 1 is 0.750 bits per heavy atom. The molecule has 0 fully saturated rings. The summed E-state index contributed by atoms with van der Waals surface area (Å²) in [6.07, 6.45) is 0. The van der Waals surface area contributed by atoms with Gasteiger partial charge < -0.3 is 23.4 Å². The maximum atomic E-state index is 10.4. The SMILES string of the molecule is [CH2-]C(=O)C(C)(C)C.[CH2-]C(=O)C(C)(C)C.[O]=[V+2]. The van der Waals surface area contributed by atoms with Crippen LogP contribution in [0.5, 0.6) is 0 Å². The Hall–Kier alpha value is -0.536. The molecule has 0 aromatic carbocycles. The number of hydrogen-bond donors (Lipinski definition) is 0. The molecule has 93 valence electrons. The number of rotatable bonds is 0. The fourth-order valence-electron chi connectivity index (χ4n) is 0. The molecule has 0 aliphatic heterocycles. The van der Waals surface area contributed by atoms with E-state index in [2.05, 4.69) is 13.8 Å². The van der Waals surface area contributed by atoms with Crippen molar-refractivity contribution in [1.82, 2.24) is 0 Å². The molecule has 0 aliphatic rings. The van der Waals surface area contributed by atoms with Crippen LogP contribution in [0.1, 0.15) is 41.5 Å². The molecule has 0 heterocycles. The summed E-state index contributed by atoms with van der Waals surface area (Å²) < 4.78 is 8.19. The predicted molar refractivity (Wildman–Crippen MR) is 60.3 cm³/mol. The van der Waals surface area contributed by atoms with Crippen molar-refractivity contribution < 1.29 is 30.6 Å². The van der Waals surface area contributed by atoms with Gasteiger partial charge in [-0.3, -0.25) is 0 Å². The number of carbonyl (C=O) groups excluding carboxylic acids is 2. The molecule has 0 atom stereocenters. The molecule has 0 bridgehead atoms. The van der Waals surface area contributed by atoms with Gasteiger partial charge in [-0.2, -0.15) is 0 Å². The van der Waals surface area contributed by atoms with E-state index in [0.29, 0.717) is 0 Å². The zero-order valence-electron chi connectivity index (χ0n) is 11.1. The molecule has 0 saturated heterocycles. The number of carbonyl (C=O) groups is 2. The van der Waals surface area contributed by atoms with E-state index < -0.39 is 0 Å². The van der Waals surface area contributed by atoms with Crippen LogP contribution in [-0.4, -0.2) is 11.6 Å². The Kier molecular flexibility index (Phi) is 11.2. The minimum absolute atomic E-state index is 0.00694. The van der Waals surface area contributed by atoms with Crippen LogP contribution in [-0.2, 0) is 30.6 Å². The summed E-state index contributed by atoms with van der Waals surface area (Å²) in [5.74, 6) is -0.0139. The Morgan fingerprint density at radius 3 is 0.812 bits per heavy atom. The van der Waals surface area contributed by atoms with Crippen molar-refractivity contribution in [3.05, 3.63) is 13.8 Å². The van der Waals surface area contributed by atoms with Gasteiger partial charge in [-0.15, -0.1) is 0 Å². The molecule has 0 aromatic heterocycles. The van der Waals surface area contributed by atoms with Crippen LogP contribution in [0.2, 0.25) is 0 Å². The van der Waals surface area contributed by atoms with Crippen molar-refractivity contribution in [2.24, 2.45) is 10.8 Å². The summed E-state index contributed by atoms with van der Waals surface area (Å²) in [7, 11) is 0. The van der Waals surface area contributed by atoms with Gasteiger partial charge in [0.25, 0.3) is 0 Å². The molecule has 0 saturated carbocycles. The molecule has 16 heavy (non-hydrogen) atoms. The van der Waals surface area contributed by atoms with Gasteiger partial charge in [0.15, 0.2) is 0 Å². The average molecular weight is 265 g/mol. The summed E-state index contributed by atoms with van der Waals surface area (Å²) in [5.41, 5.74) is -0.500. The second kappa shape index (κ2) is 8.60. The van der Waals surface area contributed by atoms with E-state index in [1.54, 1.807) is 0 Å². The number of Topliss-reactive ketones (excluding diaryl/α,β-unsaturated/α-hetero) is 2. The topological polar surface area (TPSA) is 51.2 Å². The Morgan fingerprint density at radius 2 is 0.812 bits per heavy atom. The van der Waals surface area contributed by atoms with Gasteiger partial charge in [0.1, 0.15) is 0 Å². The number of ketones is 2. The maximum absolute atomic E-state index is 10.4. The third-order valence-corrected chi connectivity index (χ3v) is 1.67. The first kappa shape index (κ1) is 20.8. The van der Waals surface area contributed by atoms with E-state index in [1.807, 2.05) is 41.5 Å². The molecule has 0 radical (unpaired) electrons. The monoisotopic (exact) mass is 265 g/mol. The molecule has 0 unspecified atom stereocenters. The molecule has 0 aromatic rings. The summed E-state index contributed by atoms with van der Waals surface area (Å²) in [4.78, 5) is 20.7. The van der Waals surface area contributed by atoms with Crippen molar-refractivity contribution in [1.29, 1.82) is 0 Å². The molecule has 3 nitrogen and oxygen atoms in total. The summed E-state index contributed by atoms with van der Waals surface area (Å²) in [5, 5.41) is 0. The van der Waals surface area contributed by atoms with E-state index in [9.17, 15) is 9.59 Å². The van der Waals surface area contributed by atoms with Gasteiger partial charge in [0.2, 0.25) is 0 Å². The standard InChI is InChI=1S/2C6H11O.O.V/c2*1-5(7)6(2,3)4;;/h2*1H2,2-4H3;;/q2*-1;;+2. The zero-order valence-corrected chi connectivity index (χ0v) is 12.5. The average Bonchev–Trinajstić information content (AvgIpc) is 2.05. The van der Waals surface area contributed by atoms with Gasteiger partial charge in [0, 0.05) is 11.6 Å². The molecule has 0 N–H and O–H groups in total. The van der Waals surface area contributed by atoms with E-state index in [-0.39, 0.29) is 22.4 Å². The normalized spacial score (nSPS) is 10.2. The van der Waals surface area contributed by atoms with Crippen LogP contribution >= 0.6 is 0 Å². The third-order valence-electron chi connectivity index (χ3n) is 1.67. The van der Waals surface area contributed by atoms with E-state index >= 15 is 0 Å². The van der Waals surface area contributed by atoms with Crippen LogP contribution in [0.4, 0.5) is 0 Å². The second-order valence-electron chi connectivity index (χ2n) is 5.35. The quantitative estimate of drug-likeness (QED) is 0.633. The molecular weight excluding hydrogens is 243 g/mol. The van der Waals surface area contributed by atoms with E-state index in [1.165, 1.54) is 0 Å². The molecule has 0 spiro atoms. The molecule has 0 aliphatic carbocycles. The van der Waals surface area contributed by atoms with Crippen molar-refractivity contribution in [2.45, 2.75) is 41.5 Å². The van der Waals surface area contributed by atoms with Crippen LogP contribution in [0.25, 0.3) is 0 Å². The first-order valence-corrected chi connectivity index (χ1v) is 5.37. The summed E-state index contributed by atoms with van der Waals surface area (Å²) in [6.45, 7) is 17.6. The van der Waals surface area contributed by atoms with Gasteiger partial charge in [-0.05, 0) is 10.8 Å². The summed E-state index contributed by atoms with van der Waals surface area (Å²) >= 11 is 1.06. The molecular formula is C12H22O3V. The van der Waals surface area contributed by atoms with Gasteiger partial charge in [-0.1, -0.05) is 41.5 Å². The Labute approximate surface area is 109 Å². The van der Waals surface area contributed by atoms with Gasteiger partial charge in [-0.25, -0.2) is 0 Å². The molecule has 0 rings (SSSR count). The zero-order chi connectivity index (χ0) is 14.2. The van der Waals surface area contributed by atoms with Gasteiger partial charge >= 0.3 is 21.0 Å². The van der Waals surface area contributed by atoms with Crippen molar-refractivity contribution >= 4 is 11.6 Å². The first-order valence-electron chi connectivity index (χ1n) is 4.80. The van der Waals surface area contributed by atoms with Crippen LogP contribution in [0, 0.1) is 24.7 Å². The second-order valence-corrected chi connectivity index (χ2v) is 5.35. The van der Waals surface area contributed by atoms with Crippen molar-refractivity contribution in [2.75, 3.05) is 0 Å². The van der Waals surface area contributed by atoms with Crippen LogP contribution in [0.3, 0.4) is 0 Å². The van der Waals surface area contributed by atoms with Crippen molar-refractivity contribution in [3.63, 3.8) is 0 Å². The fraction of sp³-hybridized carbons (Fsp3) is 0.667. The van der Waals surface area contributed by atoms with E-state index in [0.717, 1.165) is 17.4 Å². The van der Waals surface area contributed by atoms with E-state index in [4.69, 9.17) is 3.67 Å². The number of hydrogen-bond acceptors (Lipinski definition) is 3. The third kappa shape index (κ3) is 15.9. The minimum atomic E-state index is -0.250. The van der Waals surface area contributed by atoms with Gasteiger partial charge in [0.05, 0.1) is 0 Å². The molecule has 0 amide bonds. The Balaban J connectivity index is -0.000000183. The first-order chi connectivity index (χ1) is 6.89. The van der Waals surface area contributed by atoms with Crippen LogP contribution < -0.4 is 0 Å².